The molecule has 0 saturated carbocycles. The van der Waals surface area contributed by atoms with Gasteiger partial charge in [-0.15, -0.1) is 11.3 Å². The maximum absolute atomic E-state index is 12.6. The molecule has 0 aliphatic rings. The smallest absolute Gasteiger partial charge is 0.274 e. The minimum atomic E-state index is -0.252. The molecule has 2 aromatic heterocycles. The third-order valence-corrected chi connectivity index (χ3v) is 4.72. The Morgan fingerprint density at radius 1 is 1.16 bits per heavy atom. The van der Waals surface area contributed by atoms with Crippen molar-refractivity contribution in [3.8, 4) is 5.69 Å². The number of carbonyl (C=O) groups excluding carboxylic acids is 1. The second-order valence-corrected chi connectivity index (χ2v) is 6.48. The van der Waals surface area contributed by atoms with E-state index in [1.54, 1.807) is 23.0 Å². The van der Waals surface area contributed by atoms with Gasteiger partial charge < -0.3 is 10.4 Å². The number of hydrogen-bond acceptors (Lipinski definition) is 5. The van der Waals surface area contributed by atoms with Crippen LogP contribution in [0.3, 0.4) is 0 Å². The fraction of sp³-hybridized carbons (Fsp3) is 0.0556. The molecule has 0 radical (unpaired) electrons. The Bertz CT molecular complexity index is 1040. The van der Waals surface area contributed by atoms with Gasteiger partial charge in [-0.3, -0.25) is 4.79 Å². The van der Waals surface area contributed by atoms with E-state index < -0.39 is 0 Å². The minimum Gasteiger partial charge on any atom is -0.389 e. The molecule has 124 valence electrons. The van der Waals surface area contributed by atoms with E-state index in [-0.39, 0.29) is 12.5 Å². The average Bonchev–Trinajstić information content (AvgIpc) is 3.28. The lowest BCUT2D eigenvalue weighted by Gasteiger charge is -2.08. The molecule has 0 fully saturated rings. The second kappa shape index (κ2) is 6.46. The average molecular weight is 350 g/mol. The number of rotatable bonds is 4. The summed E-state index contributed by atoms with van der Waals surface area (Å²) in [7, 11) is 0. The molecule has 0 saturated heterocycles. The number of nitrogens with one attached hydrogen (secondary N) is 1. The summed E-state index contributed by atoms with van der Waals surface area (Å²) in [5, 5.41) is 16.9. The summed E-state index contributed by atoms with van der Waals surface area (Å²) in [6.45, 7) is -0.0860. The number of nitrogens with zero attached hydrogens (tertiary/aromatic N) is 3. The molecule has 0 spiro atoms. The maximum atomic E-state index is 12.6. The Labute approximate surface area is 147 Å². The Kier molecular flexibility index (Phi) is 4.01. The lowest BCUT2D eigenvalue weighted by atomic mass is 10.2. The van der Waals surface area contributed by atoms with E-state index in [1.165, 1.54) is 11.3 Å². The van der Waals surface area contributed by atoms with Crippen molar-refractivity contribution in [1.82, 2.24) is 14.8 Å². The molecular formula is C18H14N4O2S. The van der Waals surface area contributed by atoms with Crippen LogP contribution in [0.15, 0.2) is 60.8 Å². The number of fused-ring (bicyclic) bond motifs is 1. The van der Waals surface area contributed by atoms with Crippen LogP contribution >= 0.6 is 11.3 Å². The first-order valence-electron chi connectivity index (χ1n) is 7.66. The van der Waals surface area contributed by atoms with Gasteiger partial charge in [-0.1, -0.05) is 18.2 Å². The van der Waals surface area contributed by atoms with Crippen LogP contribution < -0.4 is 5.32 Å². The summed E-state index contributed by atoms with van der Waals surface area (Å²) < 4.78 is 2.57. The molecule has 7 heteroatoms. The van der Waals surface area contributed by atoms with Gasteiger partial charge in [-0.2, -0.15) is 5.10 Å². The van der Waals surface area contributed by atoms with Crippen molar-refractivity contribution < 1.29 is 9.90 Å². The fourth-order valence-electron chi connectivity index (χ4n) is 2.57. The molecule has 0 atom stereocenters. The highest BCUT2D eigenvalue weighted by atomic mass is 32.1. The van der Waals surface area contributed by atoms with Crippen LogP contribution in [-0.4, -0.2) is 25.8 Å². The van der Waals surface area contributed by atoms with E-state index in [2.05, 4.69) is 15.4 Å². The number of aromatic nitrogens is 3. The summed E-state index contributed by atoms with van der Waals surface area (Å²) in [6, 6.07) is 16.7. The van der Waals surface area contributed by atoms with E-state index in [1.807, 2.05) is 42.5 Å². The van der Waals surface area contributed by atoms with Crippen LogP contribution in [0.5, 0.6) is 0 Å². The van der Waals surface area contributed by atoms with Crippen LogP contribution in [0.25, 0.3) is 15.9 Å². The van der Waals surface area contributed by atoms with Crippen molar-refractivity contribution >= 4 is 33.1 Å². The third-order valence-electron chi connectivity index (χ3n) is 3.70. The van der Waals surface area contributed by atoms with Gasteiger partial charge in [0.1, 0.15) is 10.7 Å². The quantitative estimate of drug-likeness (QED) is 0.592. The highest BCUT2D eigenvalue weighted by molar-refractivity contribution is 7.18. The maximum Gasteiger partial charge on any atom is 0.274 e. The van der Waals surface area contributed by atoms with Crippen LogP contribution in [0, 0.1) is 0 Å². The number of benzene rings is 2. The van der Waals surface area contributed by atoms with Crippen molar-refractivity contribution in [3.05, 3.63) is 71.5 Å². The van der Waals surface area contributed by atoms with Gasteiger partial charge in [-0.25, -0.2) is 9.67 Å². The van der Waals surface area contributed by atoms with Crippen molar-refractivity contribution in [2.45, 2.75) is 6.61 Å². The minimum absolute atomic E-state index is 0.0860. The molecule has 4 rings (SSSR count). The first-order chi connectivity index (χ1) is 12.2. The van der Waals surface area contributed by atoms with E-state index >= 15 is 0 Å². The van der Waals surface area contributed by atoms with Crippen LogP contribution in [-0.2, 0) is 6.61 Å². The number of thiazole rings is 1. The number of hydrogen-bond donors (Lipinski definition) is 2. The molecule has 2 heterocycles. The van der Waals surface area contributed by atoms with Crippen molar-refractivity contribution in [2.75, 3.05) is 5.32 Å². The largest absolute Gasteiger partial charge is 0.389 e. The zero-order chi connectivity index (χ0) is 17.2. The molecule has 2 aromatic carbocycles. The van der Waals surface area contributed by atoms with Crippen molar-refractivity contribution in [1.29, 1.82) is 0 Å². The fourth-order valence-corrected chi connectivity index (χ4v) is 3.37. The number of aliphatic hydroxyl groups is 1. The van der Waals surface area contributed by atoms with E-state index in [4.69, 9.17) is 0 Å². The van der Waals surface area contributed by atoms with Gasteiger partial charge in [0.25, 0.3) is 5.91 Å². The number of aliphatic hydroxyl groups excluding tert-OH is 1. The van der Waals surface area contributed by atoms with Crippen LogP contribution in [0.2, 0.25) is 0 Å². The third kappa shape index (κ3) is 3.02. The Hall–Kier alpha value is -3.03. The van der Waals surface area contributed by atoms with Gasteiger partial charge in [-0.05, 0) is 36.4 Å². The summed E-state index contributed by atoms with van der Waals surface area (Å²) in [4.78, 5) is 17.0. The standard InChI is InChI=1S/C18H14N4O2S/c23-11-17-21-14-10-12(6-7-16(14)25-17)20-18(24)15-8-9-19-22(15)13-4-2-1-3-5-13/h1-10,23H,11H2,(H,20,24). The van der Waals surface area contributed by atoms with E-state index in [0.717, 1.165) is 15.9 Å². The molecular weight excluding hydrogens is 336 g/mol. The molecule has 25 heavy (non-hydrogen) atoms. The SMILES string of the molecule is O=C(Nc1ccc2sc(CO)nc2c1)c1ccnn1-c1ccccc1. The molecule has 0 bridgehead atoms. The number of carbonyl (C=O) groups is 1. The highest BCUT2D eigenvalue weighted by Crippen LogP contribution is 2.25. The monoisotopic (exact) mass is 350 g/mol. The molecule has 2 N–H and O–H groups in total. The molecule has 6 nitrogen and oxygen atoms in total. The number of para-hydroxylation sites is 1. The summed E-state index contributed by atoms with van der Waals surface area (Å²) in [6.07, 6.45) is 1.60. The Morgan fingerprint density at radius 3 is 2.80 bits per heavy atom. The predicted molar refractivity (Wildman–Crippen MR) is 97.1 cm³/mol. The van der Waals surface area contributed by atoms with Gasteiger partial charge in [0.2, 0.25) is 0 Å². The lowest BCUT2D eigenvalue weighted by Crippen LogP contribution is -2.16. The molecule has 4 aromatic rings. The summed E-state index contributed by atoms with van der Waals surface area (Å²) in [5.41, 5.74) is 2.66. The van der Waals surface area contributed by atoms with Gasteiger partial charge in [0, 0.05) is 5.69 Å². The lowest BCUT2D eigenvalue weighted by molar-refractivity contribution is 0.101. The molecule has 1 amide bonds. The first kappa shape index (κ1) is 15.5. The van der Waals surface area contributed by atoms with Crippen molar-refractivity contribution in [3.63, 3.8) is 0 Å². The number of amides is 1. The topological polar surface area (TPSA) is 80.0 Å². The summed E-state index contributed by atoms with van der Waals surface area (Å²) >= 11 is 1.43. The van der Waals surface area contributed by atoms with Crippen molar-refractivity contribution in [2.24, 2.45) is 0 Å². The highest BCUT2D eigenvalue weighted by Gasteiger charge is 2.14. The first-order valence-corrected chi connectivity index (χ1v) is 8.47. The van der Waals surface area contributed by atoms with Crippen LogP contribution in [0.1, 0.15) is 15.5 Å². The number of anilines is 1. The molecule has 0 aliphatic carbocycles. The zero-order valence-corrected chi connectivity index (χ0v) is 13.9. The Morgan fingerprint density at radius 2 is 2.00 bits per heavy atom. The van der Waals surface area contributed by atoms with E-state index in [9.17, 15) is 9.90 Å². The summed E-state index contributed by atoms with van der Waals surface area (Å²) in [5.74, 6) is -0.252. The molecule has 0 unspecified atom stereocenters. The second-order valence-electron chi connectivity index (χ2n) is 5.37. The van der Waals surface area contributed by atoms with E-state index in [0.29, 0.717) is 16.4 Å². The van der Waals surface area contributed by atoms with Gasteiger partial charge in [0.05, 0.1) is 28.7 Å². The Balaban J connectivity index is 1.62. The predicted octanol–water partition coefficient (Wildman–Crippen LogP) is 3.23. The van der Waals surface area contributed by atoms with Gasteiger partial charge in [0.15, 0.2) is 0 Å². The van der Waals surface area contributed by atoms with Gasteiger partial charge >= 0.3 is 0 Å². The van der Waals surface area contributed by atoms with Crippen LogP contribution in [0.4, 0.5) is 5.69 Å². The molecule has 0 aliphatic heterocycles. The zero-order valence-electron chi connectivity index (χ0n) is 13.1. The normalized spacial score (nSPS) is 10.9.